The lowest BCUT2D eigenvalue weighted by molar-refractivity contribution is -0.121. The standard InChI is InChI=1S/C11H9N5O5/c1-5-7-8(15-21-5)10(18)16(14-9(7)11(19)20)4-6(17)13-3-2-12/h3-4H2,1H3,(H,13,17)(H,19,20). The molecule has 0 aliphatic heterocycles. The number of rotatable bonds is 4. The first-order chi connectivity index (χ1) is 9.95. The van der Waals surface area contributed by atoms with Crippen molar-refractivity contribution in [2.45, 2.75) is 13.5 Å². The summed E-state index contributed by atoms with van der Waals surface area (Å²) < 4.78 is 5.47. The highest BCUT2D eigenvalue weighted by Gasteiger charge is 2.22. The molecule has 0 radical (unpaired) electrons. The molecule has 2 aromatic heterocycles. The molecule has 2 rings (SSSR count). The first-order valence-corrected chi connectivity index (χ1v) is 5.69. The summed E-state index contributed by atoms with van der Waals surface area (Å²) >= 11 is 0. The van der Waals surface area contributed by atoms with Gasteiger partial charge in [-0.25, -0.2) is 9.48 Å². The summed E-state index contributed by atoms with van der Waals surface area (Å²) in [5, 5.41) is 26.8. The monoisotopic (exact) mass is 291 g/mol. The molecule has 0 saturated heterocycles. The van der Waals surface area contributed by atoms with Crippen molar-refractivity contribution in [3.05, 3.63) is 21.8 Å². The number of fused-ring (bicyclic) bond motifs is 1. The van der Waals surface area contributed by atoms with Gasteiger partial charge in [0.15, 0.2) is 11.2 Å². The normalized spacial score (nSPS) is 10.3. The maximum atomic E-state index is 12.1. The molecule has 10 heteroatoms. The average Bonchev–Trinajstić information content (AvgIpc) is 2.82. The molecule has 21 heavy (non-hydrogen) atoms. The van der Waals surface area contributed by atoms with Gasteiger partial charge in [-0.1, -0.05) is 5.16 Å². The average molecular weight is 291 g/mol. The number of carbonyl (C=O) groups is 2. The summed E-state index contributed by atoms with van der Waals surface area (Å²) in [6.07, 6.45) is 0. The largest absolute Gasteiger partial charge is 0.476 e. The number of aromatic nitrogens is 3. The van der Waals surface area contributed by atoms with Gasteiger partial charge in [-0.2, -0.15) is 10.4 Å². The third-order valence-corrected chi connectivity index (χ3v) is 2.62. The fraction of sp³-hybridized carbons (Fsp3) is 0.273. The Morgan fingerprint density at radius 3 is 2.86 bits per heavy atom. The number of aromatic carboxylic acids is 1. The van der Waals surface area contributed by atoms with Crippen molar-refractivity contribution < 1.29 is 19.2 Å². The number of carbonyl (C=O) groups excluding carboxylic acids is 1. The van der Waals surface area contributed by atoms with E-state index in [-0.39, 0.29) is 23.2 Å². The van der Waals surface area contributed by atoms with Crippen LogP contribution in [0, 0.1) is 18.3 Å². The summed E-state index contributed by atoms with van der Waals surface area (Å²) in [6, 6.07) is 1.70. The molecule has 1 amide bonds. The van der Waals surface area contributed by atoms with Crippen LogP contribution in [0.1, 0.15) is 16.2 Å². The van der Waals surface area contributed by atoms with Gasteiger partial charge in [-0.15, -0.1) is 0 Å². The lowest BCUT2D eigenvalue weighted by Crippen LogP contribution is -2.35. The summed E-state index contributed by atoms with van der Waals surface area (Å²) in [7, 11) is 0. The quantitative estimate of drug-likeness (QED) is 0.682. The maximum Gasteiger partial charge on any atom is 0.357 e. The van der Waals surface area contributed by atoms with E-state index in [1.165, 1.54) is 6.92 Å². The minimum Gasteiger partial charge on any atom is -0.476 e. The van der Waals surface area contributed by atoms with E-state index in [1.807, 2.05) is 0 Å². The predicted molar refractivity (Wildman–Crippen MR) is 66.4 cm³/mol. The van der Waals surface area contributed by atoms with Gasteiger partial charge in [0.2, 0.25) is 5.91 Å². The molecule has 0 atom stereocenters. The van der Waals surface area contributed by atoms with E-state index in [0.717, 1.165) is 0 Å². The fourth-order valence-electron chi connectivity index (χ4n) is 1.72. The number of carboxylic acids is 1. The van der Waals surface area contributed by atoms with E-state index < -0.39 is 29.7 Å². The van der Waals surface area contributed by atoms with Crippen molar-refractivity contribution in [2.24, 2.45) is 0 Å². The van der Waals surface area contributed by atoms with Crippen molar-refractivity contribution in [2.75, 3.05) is 6.54 Å². The van der Waals surface area contributed by atoms with E-state index in [0.29, 0.717) is 4.68 Å². The van der Waals surface area contributed by atoms with E-state index >= 15 is 0 Å². The van der Waals surface area contributed by atoms with Crippen LogP contribution in [0.2, 0.25) is 0 Å². The van der Waals surface area contributed by atoms with Gasteiger partial charge >= 0.3 is 5.97 Å². The zero-order valence-electron chi connectivity index (χ0n) is 10.8. The molecule has 2 N–H and O–H groups in total. The molecule has 2 heterocycles. The fourth-order valence-corrected chi connectivity index (χ4v) is 1.72. The Labute approximate surface area is 116 Å². The Morgan fingerprint density at radius 1 is 1.52 bits per heavy atom. The second-order valence-electron chi connectivity index (χ2n) is 4.01. The van der Waals surface area contributed by atoms with Crippen LogP contribution in [-0.2, 0) is 11.3 Å². The summed E-state index contributed by atoms with van der Waals surface area (Å²) in [5.74, 6) is -1.88. The number of carboxylic acid groups (broad SMARTS) is 1. The minimum atomic E-state index is -1.38. The first-order valence-electron chi connectivity index (χ1n) is 5.69. The van der Waals surface area contributed by atoms with E-state index in [1.54, 1.807) is 6.07 Å². The second-order valence-corrected chi connectivity index (χ2v) is 4.01. The SMILES string of the molecule is Cc1onc2c(=O)n(CC(=O)NCC#N)nc(C(=O)O)c12. The number of nitrogens with zero attached hydrogens (tertiary/aromatic N) is 4. The highest BCUT2D eigenvalue weighted by atomic mass is 16.5. The van der Waals surface area contributed by atoms with Gasteiger partial charge < -0.3 is 14.9 Å². The molecule has 0 aliphatic carbocycles. The molecule has 0 spiro atoms. The Hall–Kier alpha value is -3.22. The molecule has 0 aromatic carbocycles. The van der Waals surface area contributed by atoms with E-state index in [2.05, 4.69) is 15.6 Å². The van der Waals surface area contributed by atoms with Gasteiger partial charge in [-0.05, 0) is 6.92 Å². The number of hydrogen-bond donors (Lipinski definition) is 2. The van der Waals surface area contributed by atoms with E-state index in [4.69, 9.17) is 14.9 Å². The van der Waals surface area contributed by atoms with Gasteiger partial charge in [-0.3, -0.25) is 9.59 Å². The van der Waals surface area contributed by atoms with Gasteiger partial charge in [0.1, 0.15) is 18.8 Å². The lowest BCUT2D eigenvalue weighted by Gasteiger charge is -2.05. The number of nitrogens with one attached hydrogen (secondary N) is 1. The molecule has 0 fully saturated rings. The zero-order valence-corrected chi connectivity index (χ0v) is 10.8. The van der Waals surface area contributed by atoms with Gasteiger partial charge in [0.05, 0.1) is 11.5 Å². The second kappa shape index (κ2) is 5.41. The molecular formula is C11H9N5O5. The van der Waals surface area contributed by atoms with Crippen LogP contribution in [-0.4, -0.2) is 38.5 Å². The Bertz CT molecular complexity index is 828. The first kappa shape index (κ1) is 14.2. The predicted octanol–water partition coefficient (Wildman–Crippen LogP) is -0.969. The summed E-state index contributed by atoms with van der Waals surface area (Å²) in [4.78, 5) is 34.8. The van der Waals surface area contributed by atoms with Crippen LogP contribution < -0.4 is 10.9 Å². The van der Waals surface area contributed by atoms with Crippen LogP contribution in [0.4, 0.5) is 0 Å². The van der Waals surface area contributed by atoms with Crippen molar-refractivity contribution in [3.8, 4) is 6.07 Å². The van der Waals surface area contributed by atoms with E-state index in [9.17, 15) is 14.4 Å². The van der Waals surface area contributed by atoms with Crippen molar-refractivity contribution in [3.63, 3.8) is 0 Å². The molecular weight excluding hydrogens is 282 g/mol. The lowest BCUT2D eigenvalue weighted by atomic mass is 10.2. The van der Waals surface area contributed by atoms with Crippen LogP contribution >= 0.6 is 0 Å². The summed E-state index contributed by atoms with van der Waals surface area (Å²) in [5.41, 5.74) is -1.40. The Balaban J connectivity index is 2.53. The van der Waals surface area contributed by atoms with Gasteiger partial charge in [0.25, 0.3) is 5.56 Å². The van der Waals surface area contributed by atoms with Crippen LogP contribution in [0.3, 0.4) is 0 Å². The zero-order chi connectivity index (χ0) is 15.6. The van der Waals surface area contributed by atoms with Crippen molar-refractivity contribution in [1.82, 2.24) is 20.3 Å². The molecule has 0 aliphatic rings. The highest BCUT2D eigenvalue weighted by Crippen LogP contribution is 2.17. The topological polar surface area (TPSA) is 151 Å². The Morgan fingerprint density at radius 2 is 2.24 bits per heavy atom. The third-order valence-electron chi connectivity index (χ3n) is 2.62. The number of aryl methyl sites for hydroxylation is 1. The molecule has 10 nitrogen and oxygen atoms in total. The van der Waals surface area contributed by atoms with Crippen molar-refractivity contribution in [1.29, 1.82) is 5.26 Å². The van der Waals surface area contributed by atoms with Crippen LogP contribution in [0.25, 0.3) is 10.9 Å². The summed E-state index contributed by atoms with van der Waals surface area (Å²) in [6.45, 7) is 0.695. The third kappa shape index (κ3) is 2.57. The van der Waals surface area contributed by atoms with Crippen LogP contribution in [0.5, 0.6) is 0 Å². The number of hydrogen-bond acceptors (Lipinski definition) is 7. The molecule has 0 bridgehead atoms. The number of nitriles is 1. The maximum absolute atomic E-state index is 12.1. The Kier molecular flexibility index (Phi) is 3.66. The number of amides is 1. The molecule has 108 valence electrons. The highest BCUT2D eigenvalue weighted by molar-refractivity contribution is 6.00. The van der Waals surface area contributed by atoms with Crippen LogP contribution in [0.15, 0.2) is 9.32 Å². The van der Waals surface area contributed by atoms with Gasteiger partial charge in [0, 0.05) is 0 Å². The smallest absolute Gasteiger partial charge is 0.357 e. The van der Waals surface area contributed by atoms with Crippen molar-refractivity contribution >= 4 is 22.8 Å². The minimum absolute atomic E-state index is 0.00110. The molecule has 0 saturated carbocycles. The molecule has 0 unspecified atom stereocenters. The molecule has 2 aromatic rings.